The Hall–Kier alpha value is -1.76. The average Bonchev–Trinajstić information content (AvgIpc) is 2.37. The van der Waals surface area contributed by atoms with E-state index < -0.39 is 29.6 Å². The molecule has 1 unspecified atom stereocenters. The molecule has 1 saturated carbocycles. The van der Waals surface area contributed by atoms with Crippen LogP contribution in [0.3, 0.4) is 0 Å². The van der Waals surface area contributed by atoms with E-state index in [4.69, 9.17) is 0 Å². The predicted molar refractivity (Wildman–Crippen MR) is 71.5 cm³/mol. The van der Waals surface area contributed by atoms with E-state index in [0.717, 1.165) is 18.6 Å². The fraction of sp³-hybridized carbons (Fsp3) is 0.533. The summed E-state index contributed by atoms with van der Waals surface area (Å²) in [5, 5.41) is 20.1. The summed E-state index contributed by atoms with van der Waals surface area (Å²) in [6.07, 6.45) is -1.92. The van der Waals surface area contributed by atoms with Crippen molar-refractivity contribution in [3.05, 3.63) is 29.8 Å². The first-order chi connectivity index (χ1) is 10.2. The minimum atomic E-state index is -4.85. The molecular weight excluding hydrogens is 301 g/mol. The molecule has 0 saturated heterocycles. The van der Waals surface area contributed by atoms with E-state index in [1.54, 1.807) is 0 Å². The van der Waals surface area contributed by atoms with Gasteiger partial charge in [0.15, 0.2) is 0 Å². The van der Waals surface area contributed by atoms with Crippen molar-refractivity contribution in [2.24, 2.45) is 0 Å². The molecule has 1 fully saturated rings. The molecule has 0 bridgehead atoms. The van der Waals surface area contributed by atoms with E-state index in [-0.39, 0.29) is 5.56 Å². The van der Waals surface area contributed by atoms with Gasteiger partial charge in [0.2, 0.25) is 0 Å². The van der Waals surface area contributed by atoms with Crippen LogP contribution in [0.15, 0.2) is 24.3 Å². The first-order valence-electron chi connectivity index (χ1n) is 7.02. The number of aliphatic hydroxyl groups is 1. The number of carboxylic acid groups (broad SMARTS) is 1. The molecule has 122 valence electrons. The largest absolute Gasteiger partial charge is 0.573 e. The molecule has 4 nitrogen and oxygen atoms in total. The number of ether oxygens (including phenoxy) is 1. The van der Waals surface area contributed by atoms with Crippen molar-refractivity contribution in [2.45, 2.75) is 50.0 Å². The van der Waals surface area contributed by atoms with Crippen LogP contribution < -0.4 is 4.74 Å². The molecule has 1 aromatic carbocycles. The first-order valence-corrected chi connectivity index (χ1v) is 7.02. The van der Waals surface area contributed by atoms with Crippen molar-refractivity contribution < 1.29 is 32.9 Å². The lowest BCUT2D eigenvalue weighted by Crippen LogP contribution is -2.42. The third-order valence-corrected chi connectivity index (χ3v) is 3.93. The third kappa shape index (κ3) is 3.91. The van der Waals surface area contributed by atoms with Crippen molar-refractivity contribution in [1.82, 2.24) is 0 Å². The number of carboxylic acids is 1. The second-order valence-electron chi connectivity index (χ2n) is 5.56. The van der Waals surface area contributed by atoms with Crippen molar-refractivity contribution in [3.8, 4) is 5.75 Å². The van der Waals surface area contributed by atoms with E-state index in [1.165, 1.54) is 12.1 Å². The van der Waals surface area contributed by atoms with E-state index in [1.807, 2.05) is 0 Å². The number of alkyl halides is 3. The highest BCUT2D eigenvalue weighted by Crippen LogP contribution is 2.41. The molecule has 1 aliphatic carbocycles. The lowest BCUT2D eigenvalue weighted by Gasteiger charge is -2.37. The van der Waals surface area contributed by atoms with E-state index >= 15 is 0 Å². The molecule has 0 heterocycles. The Morgan fingerprint density at radius 2 is 1.86 bits per heavy atom. The molecule has 1 aliphatic rings. The zero-order chi connectivity index (χ0) is 16.4. The van der Waals surface area contributed by atoms with Gasteiger partial charge in [-0.1, -0.05) is 31.4 Å². The summed E-state index contributed by atoms with van der Waals surface area (Å²) in [6.45, 7) is 0. The molecule has 0 radical (unpaired) electrons. The molecule has 7 heteroatoms. The molecule has 2 N–H and O–H groups in total. The Balaban J connectivity index is 2.33. The van der Waals surface area contributed by atoms with Gasteiger partial charge in [-0.25, -0.2) is 0 Å². The van der Waals surface area contributed by atoms with Crippen molar-refractivity contribution in [2.75, 3.05) is 0 Å². The van der Waals surface area contributed by atoms with E-state index in [2.05, 4.69) is 4.74 Å². The second kappa shape index (κ2) is 6.16. The number of carbonyl (C=O) groups is 1. The Morgan fingerprint density at radius 3 is 2.41 bits per heavy atom. The Bertz CT molecular complexity index is 536. The fourth-order valence-electron chi connectivity index (χ4n) is 3.03. The van der Waals surface area contributed by atoms with Gasteiger partial charge in [-0.15, -0.1) is 13.2 Å². The van der Waals surface area contributed by atoms with Crippen molar-refractivity contribution in [3.63, 3.8) is 0 Å². The van der Waals surface area contributed by atoms with Gasteiger partial charge < -0.3 is 14.9 Å². The summed E-state index contributed by atoms with van der Waals surface area (Å²) in [5.41, 5.74) is -1.33. The summed E-state index contributed by atoms with van der Waals surface area (Å²) in [4.78, 5) is 11.6. The zero-order valence-electron chi connectivity index (χ0n) is 11.8. The fourth-order valence-corrected chi connectivity index (χ4v) is 3.03. The quantitative estimate of drug-likeness (QED) is 0.892. The van der Waals surface area contributed by atoms with Gasteiger partial charge in [-0.3, -0.25) is 4.79 Å². The minimum Gasteiger partial charge on any atom is -0.481 e. The van der Waals surface area contributed by atoms with Crippen molar-refractivity contribution in [1.29, 1.82) is 0 Å². The zero-order valence-corrected chi connectivity index (χ0v) is 11.8. The number of aliphatic carboxylic acids is 1. The number of halogens is 3. The third-order valence-electron chi connectivity index (χ3n) is 3.93. The summed E-state index contributed by atoms with van der Waals surface area (Å²) < 4.78 is 40.6. The van der Waals surface area contributed by atoms with Gasteiger partial charge in [0.05, 0.1) is 5.60 Å². The predicted octanol–water partition coefficient (Wildman–Crippen LogP) is 3.45. The number of hydrogen-bond donors (Lipinski definition) is 2. The molecule has 1 aromatic rings. The highest BCUT2D eigenvalue weighted by atomic mass is 19.4. The lowest BCUT2D eigenvalue weighted by molar-refractivity contribution is -0.274. The van der Waals surface area contributed by atoms with Gasteiger partial charge in [-0.05, 0) is 30.5 Å². The molecule has 22 heavy (non-hydrogen) atoms. The van der Waals surface area contributed by atoms with Gasteiger partial charge >= 0.3 is 12.3 Å². The molecule has 0 amide bonds. The maximum Gasteiger partial charge on any atom is 0.573 e. The summed E-state index contributed by atoms with van der Waals surface area (Å²) in [6, 6.07) is 4.81. The molecular formula is C15H17F3O4. The number of hydrogen-bond acceptors (Lipinski definition) is 3. The van der Waals surface area contributed by atoms with Crippen LogP contribution in [-0.2, 0) is 4.79 Å². The summed E-state index contributed by atoms with van der Waals surface area (Å²) in [5.74, 6) is -3.02. The molecule has 0 aliphatic heterocycles. The highest BCUT2D eigenvalue weighted by molar-refractivity contribution is 5.78. The minimum absolute atomic E-state index is 0.110. The molecule has 0 aromatic heterocycles. The maximum atomic E-state index is 12.3. The maximum absolute atomic E-state index is 12.3. The topological polar surface area (TPSA) is 66.8 Å². The summed E-state index contributed by atoms with van der Waals surface area (Å²) in [7, 11) is 0. The Kier molecular flexibility index (Phi) is 4.65. The normalized spacial score (nSPS) is 19.5. The molecule has 2 rings (SSSR count). The van der Waals surface area contributed by atoms with E-state index in [0.29, 0.717) is 25.7 Å². The van der Waals surface area contributed by atoms with Gasteiger partial charge in [0.25, 0.3) is 0 Å². The van der Waals surface area contributed by atoms with Crippen LogP contribution in [0.5, 0.6) is 5.75 Å². The lowest BCUT2D eigenvalue weighted by atomic mass is 9.73. The van der Waals surface area contributed by atoms with Crippen LogP contribution >= 0.6 is 0 Å². The van der Waals surface area contributed by atoms with Gasteiger partial charge in [0, 0.05) is 0 Å². The van der Waals surface area contributed by atoms with Crippen LogP contribution in [0.25, 0.3) is 0 Å². The smallest absolute Gasteiger partial charge is 0.481 e. The average molecular weight is 318 g/mol. The van der Waals surface area contributed by atoms with Gasteiger partial charge in [0.1, 0.15) is 11.7 Å². The van der Waals surface area contributed by atoms with Crippen LogP contribution in [0.2, 0.25) is 0 Å². The SMILES string of the molecule is O=C(O)C(c1cccc(OC(F)(F)F)c1)C1(O)CCCCC1. The van der Waals surface area contributed by atoms with Crippen LogP contribution in [0, 0.1) is 0 Å². The highest BCUT2D eigenvalue weighted by Gasteiger charge is 2.43. The van der Waals surface area contributed by atoms with Crippen LogP contribution in [-0.4, -0.2) is 28.1 Å². The van der Waals surface area contributed by atoms with Crippen LogP contribution in [0.4, 0.5) is 13.2 Å². The summed E-state index contributed by atoms with van der Waals surface area (Å²) >= 11 is 0. The first kappa shape index (κ1) is 16.6. The second-order valence-corrected chi connectivity index (χ2v) is 5.56. The van der Waals surface area contributed by atoms with Crippen LogP contribution in [0.1, 0.15) is 43.6 Å². The molecule has 1 atom stereocenters. The molecule has 0 spiro atoms. The Morgan fingerprint density at radius 1 is 1.23 bits per heavy atom. The standard InChI is InChI=1S/C15H17F3O4/c16-15(17,18)22-11-6-4-5-10(9-11)12(13(19)20)14(21)7-2-1-3-8-14/h4-6,9,12,21H,1-3,7-8H2,(H,19,20). The van der Waals surface area contributed by atoms with Gasteiger partial charge in [-0.2, -0.15) is 0 Å². The Labute approximate surface area is 125 Å². The van der Waals surface area contributed by atoms with E-state index in [9.17, 15) is 28.2 Å². The number of rotatable bonds is 4. The monoisotopic (exact) mass is 318 g/mol. The van der Waals surface area contributed by atoms with Crippen molar-refractivity contribution >= 4 is 5.97 Å². The number of benzene rings is 1.